The maximum atomic E-state index is 13.3. The first-order valence-electron chi connectivity index (χ1n) is 13.2. The van der Waals surface area contributed by atoms with Crippen LogP contribution < -0.4 is 4.90 Å². The summed E-state index contributed by atoms with van der Waals surface area (Å²) in [5, 5.41) is 0. The Bertz CT molecular complexity index is 1290. The molecule has 2 fully saturated rings. The molecule has 3 aromatic rings. The molecule has 36 heavy (non-hydrogen) atoms. The lowest BCUT2D eigenvalue weighted by Gasteiger charge is -2.35. The van der Waals surface area contributed by atoms with Crippen LogP contribution in [0.5, 0.6) is 0 Å². The third-order valence-electron chi connectivity index (χ3n) is 8.06. The number of nitrogens with zero attached hydrogens (tertiary/aromatic N) is 4. The van der Waals surface area contributed by atoms with Gasteiger partial charge in [0.25, 0.3) is 10.0 Å². The van der Waals surface area contributed by atoms with Gasteiger partial charge in [0.15, 0.2) is 0 Å². The summed E-state index contributed by atoms with van der Waals surface area (Å²) >= 11 is 1.30. The van der Waals surface area contributed by atoms with Gasteiger partial charge in [-0.05, 0) is 73.2 Å². The Morgan fingerprint density at radius 3 is 2.36 bits per heavy atom. The van der Waals surface area contributed by atoms with Crippen LogP contribution in [-0.2, 0) is 22.9 Å². The number of aromatic nitrogens is 1. The Hall–Kier alpha value is -2.26. The molecule has 0 atom stereocenters. The molecule has 0 spiro atoms. The predicted molar refractivity (Wildman–Crippen MR) is 146 cm³/mol. The van der Waals surface area contributed by atoms with Crippen molar-refractivity contribution < 1.29 is 8.42 Å². The van der Waals surface area contributed by atoms with Crippen LogP contribution in [0.25, 0.3) is 10.6 Å². The smallest absolute Gasteiger partial charge is 0.252 e. The molecule has 0 radical (unpaired) electrons. The largest absolute Gasteiger partial charge is 0.369 e. The number of hydrogen-bond donors (Lipinski definition) is 0. The van der Waals surface area contributed by atoms with Crippen LogP contribution in [0, 0.1) is 0 Å². The number of piperazine rings is 1. The SMILES string of the molecule is O=S(=O)(c1ccc(-c2ccccn2)s1)N1CCN(c2ccc3c(c2)CCN(C2CCCC2)CC3)CC1. The number of benzene rings is 1. The predicted octanol–water partition coefficient (Wildman–Crippen LogP) is 4.66. The van der Waals surface area contributed by atoms with Gasteiger partial charge in [-0.2, -0.15) is 4.31 Å². The van der Waals surface area contributed by atoms with Gasteiger partial charge < -0.3 is 4.90 Å². The van der Waals surface area contributed by atoms with Crippen molar-refractivity contribution in [3.05, 3.63) is 65.9 Å². The maximum Gasteiger partial charge on any atom is 0.252 e. The molecule has 3 aliphatic rings. The number of sulfonamides is 1. The highest BCUT2D eigenvalue weighted by atomic mass is 32.2. The molecule has 8 heteroatoms. The summed E-state index contributed by atoms with van der Waals surface area (Å²) in [6.07, 6.45) is 9.49. The number of fused-ring (bicyclic) bond motifs is 1. The van der Waals surface area contributed by atoms with E-state index in [0.717, 1.165) is 36.0 Å². The fourth-order valence-corrected chi connectivity index (χ4v) is 8.84. The average molecular weight is 523 g/mol. The number of thiophene rings is 1. The third-order valence-corrected chi connectivity index (χ3v) is 11.5. The molecule has 1 saturated carbocycles. The summed E-state index contributed by atoms with van der Waals surface area (Å²) in [4.78, 5) is 10.3. The maximum absolute atomic E-state index is 13.3. The second-order valence-corrected chi connectivity index (χ2v) is 13.4. The molecule has 1 aliphatic carbocycles. The molecule has 2 aromatic heterocycles. The minimum absolute atomic E-state index is 0.397. The Labute approximate surface area is 218 Å². The molecule has 4 heterocycles. The quantitative estimate of drug-likeness (QED) is 0.488. The fourth-order valence-electron chi connectivity index (χ4n) is 5.98. The summed E-state index contributed by atoms with van der Waals surface area (Å²) in [7, 11) is -3.50. The van der Waals surface area contributed by atoms with E-state index >= 15 is 0 Å². The topological polar surface area (TPSA) is 56.8 Å². The number of hydrogen-bond acceptors (Lipinski definition) is 6. The van der Waals surface area contributed by atoms with Crippen LogP contribution in [-0.4, -0.2) is 67.9 Å². The van der Waals surface area contributed by atoms with E-state index in [-0.39, 0.29) is 0 Å². The lowest BCUT2D eigenvalue weighted by molar-refractivity contribution is 0.208. The van der Waals surface area contributed by atoms with Crippen molar-refractivity contribution in [2.24, 2.45) is 0 Å². The zero-order valence-electron chi connectivity index (χ0n) is 20.7. The molecule has 0 bridgehead atoms. The highest BCUT2D eigenvalue weighted by Gasteiger charge is 2.30. The normalized spacial score (nSPS) is 20.4. The van der Waals surface area contributed by atoms with E-state index in [9.17, 15) is 8.42 Å². The Morgan fingerprint density at radius 1 is 0.833 bits per heavy atom. The van der Waals surface area contributed by atoms with Crippen molar-refractivity contribution in [2.75, 3.05) is 44.2 Å². The minimum Gasteiger partial charge on any atom is -0.369 e. The summed E-state index contributed by atoms with van der Waals surface area (Å²) < 4.78 is 28.7. The molecule has 6 rings (SSSR count). The second-order valence-electron chi connectivity index (χ2n) is 10.2. The van der Waals surface area contributed by atoms with Crippen LogP contribution in [0.3, 0.4) is 0 Å². The molecule has 0 unspecified atom stereocenters. The van der Waals surface area contributed by atoms with Gasteiger partial charge in [0.05, 0.1) is 10.6 Å². The Balaban J connectivity index is 1.10. The van der Waals surface area contributed by atoms with E-state index < -0.39 is 10.0 Å². The number of pyridine rings is 1. The van der Waals surface area contributed by atoms with E-state index in [1.54, 1.807) is 16.6 Å². The van der Waals surface area contributed by atoms with Crippen molar-refractivity contribution >= 4 is 27.0 Å². The minimum atomic E-state index is -3.50. The first-order chi connectivity index (χ1) is 17.6. The molecule has 190 valence electrons. The van der Waals surface area contributed by atoms with Gasteiger partial charge in [-0.25, -0.2) is 8.42 Å². The van der Waals surface area contributed by atoms with Gasteiger partial charge in [-0.3, -0.25) is 9.88 Å². The van der Waals surface area contributed by atoms with Crippen molar-refractivity contribution in [3.8, 4) is 10.6 Å². The Morgan fingerprint density at radius 2 is 1.61 bits per heavy atom. The van der Waals surface area contributed by atoms with E-state index in [4.69, 9.17) is 0 Å². The monoisotopic (exact) mass is 522 g/mol. The summed E-state index contributed by atoms with van der Waals surface area (Å²) in [5.74, 6) is 0. The van der Waals surface area contributed by atoms with Crippen molar-refractivity contribution in [1.82, 2.24) is 14.2 Å². The van der Waals surface area contributed by atoms with E-state index in [0.29, 0.717) is 30.4 Å². The van der Waals surface area contributed by atoms with Crippen LogP contribution in [0.15, 0.2) is 58.9 Å². The zero-order chi connectivity index (χ0) is 24.5. The summed E-state index contributed by atoms with van der Waals surface area (Å²) in [6, 6.07) is 17.0. The van der Waals surface area contributed by atoms with Crippen LogP contribution in [0.2, 0.25) is 0 Å². The lowest BCUT2D eigenvalue weighted by Crippen LogP contribution is -2.48. The lowest BCUT2D eigenvalue weighted by atomic mass is 10.0. The highest BCUT2D eigenvalue weighted by Crippen LogP contribution is 2.32. The van der Waals surface area contributed by atoms with Gasteiger partial charge in [-0.15, -0.1) is 11.3 Å². The van der Waals surface area contributed by atoms with E-state index in [1.807, 2.05) is 24.3 Å². The number of anilines is 1. The third kappa shape index (κ3) is 4.84. The van der Waals surface area contributed by atoms with Crippen molar-refractivity contribution in [1.29, 1.82) is 0 Å². The van der Waals surface area contributed by atoms with Gasteiger partial charge in [0.2, 0.25) is 0 Å². The molecule has 6 nitrogen and oxygen atoms in total. The molecular weight excluding hydrogens is 488 g/mol. The summed E-state index contributed by atoms with van der Waals surface area (Å²) in [5.41, 5.74) is 5.00. The number of rotatable bonds is 5. The molecular formula is C28H34N4O2S2. The first kappa shape index (κ1) is 24.1. The standard InChI is InChI=1S/C28H34N4O2S2/c33-36(34,28-11-10-27(35-28)26-7-3-4-14-29-26)32-19-17-31(18-20-32)25-9-8-22-12-15-30(16-13-23(22)21-25)24-5-1-2-6-24/h3-4,7-11,14,21,24H,1-2,5-6,12-13,15-20H2. The van der Waals surface area contributed by atoms with Gasteiger partial charge in [0, 0.05) is 57.2 Å². The van der Waals surface area contributed by atoms with Gasteiger partial charge >= 0.3 is 0 Å². The molecule has 1 aromatic carbocycles. The zero-order valence-corrected chi connectivity index (χ0v) is 22.3. The first-order valence-corrected chi connectivity index (χ1v) is 15.5. The Kier molecular flexibility index (Phi) is 6.86. The van der Waals surface area contributed by atoms with Gasteiger partial charge in [-0.1, -0.05) is 25.0 Å². The average Bonchev–Trinajstić information content (AvgIpc) is 3.60. The second kappa shape index (κ2) is 10.2. The fraction of sp³-hybridized carbons (Fsp3) is 0.464. The van der Waals surface area contributed by atoms with E-state index in [2.05, 4.69) is 33.0 Å². The van der Waals surface area contributed by atoms with E-state index in [1.165, 1.54) is 60.4 Å². The van der Waals surface area contributed by atoms with Crippen LogP contribution in [0.1, 0.15) is 36.8 Å². The van der Waals surface area contributed by atoms with Gasteiger partial charge in [0.1, 0.15) is 4.21 Å². The highest BCUT2D eigenvalue weighted by molar-refractivity contribution is 7.91. The molecule has 2 aliphatic heterocycles. The summed E-state index contributed by atoms with van der Waals surface area (Å²) in [6.45, 7) is 4.78. The molecule has 0 amide bonds. The molecule has 1 saturated heterocycles. The van der Waals surface area contributed by atoms with Crippen LogP contribution >= 0.6 is 11.3 Å². The van der Waals surface area contributed by atoms with Crippen molar-refractivity contribution in [3.63, 3.8) is 0 Å². The molecule has 0 N–H and O–H groups in total. The van der Waals surface area contributed by atoms with Crippen LogP contribution in [0.4, 0.5) is 5.69 Å². The van der Waals surface area contributed by atoms with Crippen molar-refractivity contribution in [2.45, 2.75) is 48.8 Å².